The lowest BCUT2D eigenvalue weighted by molar-refractivity contribution is -0.145. The molecule has 4 heteroatoms. The van der Waals surface area contributed by atoms with Gasteiger partial charge in [-0.05, 0) is 25.8 Å². The molecule has 4 nitrogen and oxygen atoms in total. The molecule has 0 N–H and O–H groups in total. The Balaban J connectivity index is 1.83. The largest absolute Gasteiger partial charge is 0.461 e. The normalized spacial score (nSPS) is 12.1. The predicted molar refractivity (Wildman–Crippen MR) is 101 cm³/mol. The van der Waals surface area contributed by atoms with E-state index in [4.69, 9.17) is 9.47 Å². The highest BCUT2D eigenvalue weighted by molar-refractivity contribution is 5.69. The first-order valence-electron chi connectivity index (χ1n) is 9.79. The minimum atomic E-state index is -0.103. The van der Waals surface area contributed by atoms with Gasteiger partial charge in [0, 0.05) is 31.5 Å². The zero-order valence-corrected chi connectivity index (χ0v) is 16.0. The summed E-state index contributed by atoms with van der Waals surface area (Å²) in [6.45, 7) is 2.46. The number of carbonyl (C=O) groups excluding carboxylic acids is 1. The van der Waals surface area contributed by atoms with Crippen LogP contribution < -0.4 is 0 Å². The van der Waals surface area contributed by atoms with Crippen molar-refractivity contribution >= 4 is 5.97 Å². The first-order valence-corrected chi connectivity index (χ1v) is 9.79. The van der Waals surface area contributed by atoms with Gasteiger partial charge in [-0.1, -0.05) is 57.4 Å². The highest BCUT2D eigenvalue weighted by Crippen LogP contribution is 2.13. The fourth-order valence-corrected chi connectivity index (χ4v) is 2.78. The van der Waals surface area contributed by atoms with E-state index in [-0.39, 0.29) is 5.97 Å². The molecule has 0 aliphatic rings. The van der Waals surface area contributed by atoms with Crippen molar-refractivity contribution in [2.75, 3.05) is 7.11 Å². The van der Waals surface area contributed by atoms with E-state index < -0.39 is 0 Å². The summed E-state index contributed by atoms with van der Waals surface area (Å²) in [7, 11) is 1.78. The molecule has 0 spiro atoms. The van der Waals surface area contributed by atoms with Gasteiger partial charge in [0.2, 0.25) is 0 Å². The van der Waals surface area contributed by atoms with Crippen LogP contribution in [0, 0.1) is 0 Å². The molecule has 0 saturated heterocycles. The average molecular weight is 350 g/mol. The number of ether oxygens (including phenoxy) is 2. The monoisotopic (exact) mass is 349 g/mol. The lowest BCUT2D eigenvalue weighted by Gasteiger charge is -2.08. The smallest absolute Gasteiger partial charge is 0.306 e. The van der Waals surface area contributed by atoms with Crippen molar-refractivity contribution in [3.63, 3.8) is 0 Å². The zero-order chi connectivity index (χ0) is 18.2. The van der Waals surface area contributed by atoms with E-state index in [2.05, 4.69) is 11.9 Å². The predicted octanol–water partition coefficient (Wildman–Crippen LogP) is 5.45. The van der Waals surface area contributed by atoms with E-state index in [1.807, 2.05) is 12.1 Å². The number of hydrogen-bond acceptors (Lipinski definition) is 4. The second kappa shape index (κ2) is 14.9. The molecule has 0 radical (unpaired) electrons. The van der Waals surface area contributed by atoms with E-state index in [1.165, 1.54) is 51.4 Å². The summed E-state index contributed by atoms with van der Waals surface area (Å²) < 4.78 is 10.5. The summed E-state index contributed by atoms with van der Waals surface area (Å²) in [4.78, 5) is 15.7. The van der Waals surface area contributed by atoms with Crippen LogP contribution in [0.25, 0.3) is 0 Å². The Morgan fingerprint density at radius 1 is 1.04 bits per heavy atom. The second-order valence-electron chi connectivity index (χ2n) is 6.79. The minimum absolute atomic E-state index is 0.103. The van der Waals surface area contributed by atoms with Gasteiger partial charge in [-0.25, -0.2) is 0 Å². The molecule has 0 aromatic carbocycles. The Kier molecular flexibility index (Phi) is 12.9. The molecule has 1 rings (SSSR count). The molecule has 0 bridgehead atoms. The molecule has 1 aromatic rings. The number of hydrogen-bond donors (Lipinski definition) is 0. The SMILES string of the molecule is COC(C)CCCCCCCCCCCC(=O)OCc1cccnc1. The van der Waals surface area contributed by atoms with Crippen LogP contribution in [0.1, 0.15) is 83.1 Å². The van der Waals surface area contributed by atoms with Gasteiger partial charge < -0.3 is 9.47 Å². The number of rotatable bonds is 15. The summed E-state index contributed by atoms with van der Waals surface area (Å²) in [5.74, 6) is -0.103. The van der Waals surface area contributed by atoms with Crippen LogP contribution in [0.4, 0.5) is 0 Å². The third-order valence-corrected chi connectivity index (χ3v) is 4.52. The van der Waals surface area contributed by atoms with E-state index in [9.17, 15) is 4.79 Å². The third-order valence-electron chi connectivity index (χ3n) is 4.52. The summed E-state index contributed by atoms with van der Waals surface area (Å²) in [6.07, 6.45) is 16.6. The van der Waals surface area contributed by atoms with Crippen LogP contribution in [0.3, 0.4) is 0 Å². The van der Waals surface area contributed by atoms with E-state index >= 15 is 0 Å². The fourth-order valence-electron chi connectivity index (χ4n) is 2.78. The van der Waals surface area contributed by atoms with Crippen molar-refractivity contribution in [1.29, 1.82) is 0 Å². The van der Waals surface area contributed by atoms with Crippen molar-refractivity contribution in [3.05, 3.63) is 30.1 Å². The van der Waals surface area contributed by atoms with E-state index in [1.54, 1.807) is 19.5 Å². The number of pyridine rings is 1. The molecule has 0 saturated carbocycles. The van der Waals surface area contributed by atoms with Gasteiger partial charge in [-0.3, -0.25) is 9.78 Å². The van der Waals surface area contributed by atoms with Gasteiger partial charge >= 0.3 is 5.97 Å². The summed E-state index contributed by atoms with van der Waals surface area (Å²) in [5.41, 5.74) is 0.938. The summed E-state index contributed by atoms with van der Waals surface area (Å²) in [5, 5.41) is 0. The fraction of sp³-hybridized carbons (Fsp3) is 0.714. The lowest BCUT2D eigenvalue weighted by atomic mass is 10.0. The van der Waals surface area contributed by atoms with Crippen molar-refractivity contribution in [3.8, 4) is 0 Å². The first kappa shape index (κ1) is 21.6. The summed E-state index contributed by atoms with van der Waals surface area (Å²) in [6, 6.07) is 3.77. The zero-order valence-electron chi connectivity index (χ0n) is 16.0. The first-order chi connectivity index (χ1) is 12.2. The maximum absolute atomic E-state index is 11.7. The van der Waals surface area contributed by atoms with Crippen molar-refractivity contribution in [2.24, 2.45) is 0 Å². The number of unbranched alkanes of at least 4 members (excludes halogenated alkanes) is 8. The average Bonchev–Trinajstić information content (AvgIpc) is 2.65. The molecule has 0 aliphatic carbocycles. The Morgan fingerprint density at radius 2 is 1.68 bits per heavy atom. The van der Waals surface area contributed by atoms with Gasteiger partial charge in [0.15, 0.2) is 0 Å². The number of methoxy groups -OCH3 is 1. The van der Waals surface area contributed by atoms with Gasteiger partial charge in [-0.15, -0.1) is 0 Å². The molecule has 142 valence electrons. The minimum Gasteiger partial charge on any atom is -0.461 e. The van der Waals surface area contributed by atoms with Crippen LogP contribution in [0.5, 0.6) is 0 Å². The van der Waals surface area contributed by atoms with Gasteiger partial charge in [0.1, 0.15) is 6.61 Å². The standard InChI is InChI=1S/C21H35NO3/c1-19(24-2)13-10-8-6-4-3-5-7-9-11-15-21(23)25-18-20-14-12-16-22-17-20/h12,14,16-17,19H,3-11,13,15,18H2,1-2H3. The maximum Gasteiger partial charge on any atom is 0.306 e. The van der Waals surface area contributed by atoms with Crippen LogP contribution in [-0.4, -0.2) is 24.2 Å². The van der Waals surface area contributed by atoms with Gasteiger partial charge in [-0.2, -0.15) is 0 Å². The quantitative estimate of drug-likeness (QED) is 0.312. The Hall–Kier alpha value is -1.42. The van der Waals surface area contributed by atoms with Crippen LogP contribution in [0.2, 0.25) is 0 Å². The highest BCUT2D eigenvalue weighted by atomic mass is 16.5. The molecule has 25 heavy (non-hydrogen) atoms. The van der Waals surface area contributed by atoms with Crippen LogP contribution in [-0.2, 0) is 20.9 Å². The number of aromatic nitrogens is 1. The van der Waals surface area contributed by atoms with E-state index in [0.717, 1.165) is 18.4 Å². The summed E-state index contributed by atoms with van der Waals surface area (Å²) >= 11 is 0. The molecule has 1 unspecified atom stereocenters. The lowest BCUT2D eigenvalue weighted by Crippen LogP contribution is -2.04. The van der Waals surface area contributed by atoms with Crippen molar-refractivity contribution in [2.45, 2.75) is 90.3 Å². The number of nitrogens with zero attached hydrogens (tertiary/aromatic N) is 1. The molecular weight excluding hydrogens is 314 g/mol. The second-order valence-corrected chi connectivity index (χ2v) is 6.79. The van der Waals surface area contributed by atoms with Gasteiger partial charge in [0.25, 0.3) is 0 Å². The Labute approximate surface area is 153 Å². The maximum atomic E-state index is 11.7. The number of esters is 1. The highest BCUT2D eigenvalue weighted by Gasteiger charge is 2.03. The Morgan fingerprint density at radius 3 is 2.28 bits per heavy atom. The molecular formula is C21H35NO3. The van der Waals surface area contributed by atoms with Gasteiger partial charge in [0.05, 0.1) is 6.10 Å². The number of carbonyl (C=O) groups is 1. The molecule has 1 aromatic heterocycles. The molecule has 0 amide bonds. The molecule has 1 heterocycles. The van der Waals surface area contributed by atoms with Crippen molar-refractivity contribution in [1.82, 2.24) is 4.98 Å². The third kappa shape index (κ3) is 12.6. The van der Waals surface area contributed by atoms with Crippen molar-refractivity contribution < 1.29 is 14.3 Å². The molecule has 0 fully saturated rings. The topological polar surface area (TPSA) is 48.4 Å². The molecule has 0 aliphatic heterocycles. The Bertz CT molecular complexity index is 436. The molecule has 1 atom stereocenters. The van der Waals surface area contributed by atoms with E-state index in [0.29, 0.717) is 19.1 Å². The van der Waals surface area contributed by atoms with Crippen LogP contribution >= 0.6 is 0 Å². The van der Waals surface area contributed by atoms with Crippen LogP contribution in [0.15, 0.2) is 24.5 Å².